The molecule has 3 amide bonds. The Hall–Kier alpha value is -2.99. The highest BCUT2D eigenvalue weighted by Gasteiger charge is 2.56. The van der Waals surface area contributed by atoms with Crippen LogP contribution < -0.4 is 10.6 Å². The van der Waals surface area contributed by atoms with Crippen LogP contribution in [-0.2, 0) is 23.9 Å². The summed E-state index contributed by atoms with van der Waals surface area (Å²) in [5, 5.41) is 15.7. The molecule has 0 bridgehead atoms. The second-order valence-electron chi connectivity index (χ2n) is 9.77. The van der Waals surface area contributed by atoms with Crippen molar-refractivity contribution in [3.05, 3.63) is 35.9 Å². The zero-order chi connectivity index (χ0) is 26.1. The minimum atomic E-state index is -5.03. The van der Waals surface area contributed by atoms with Crippen molar-refractivity contribution in [3.63, 3.8) is 0 Å². The van der Waals surface area contributed by atoms with Gasteiger partial charge in [0.25, 0.3) is 5.91 Å². The zero-order valence-corrected chi connectivity index (χ0v) is 19.4. The van der Waals surface area contributed by atoms with Gasteiger partial charge in [-0.15, -0.1) is 13.2 Å². The van der Waals surface area contributed by atoms with Gasteiger partial charge in [0.2, 0.25) is 11.8 Å². The first-order chi connectivity index (χ1) is 17.0. The van der Waals surface area contributed by atoms with Gasteiger partial charge in [0, 0.05) is 19.0 Å². The summed E-state index contributed by atoms with van der Waals surface area (Å²) >= 11 is 0. The van der Waals surface area contributed by atoms with Crippen LogP contribution in [0, 0.1) is 11.3 Å². The Labute approximate surface area is 205 Å². The fraction of sp³-hybridized carbons (Fsp3) is 0.583. The molecule has 0 unspecified atom stereocenters. The summed E-state index contributed by atoms with van der Waals surface area (Å²) in [5.74, 6) is -3.40. The number of aliphatic hydroxyl groups is 1. The van der Waals surface area contributed by atoms with E-state index in [0.717, 1.165) is 12.8 Å². The number of Topliss-reactive ketones (excluding diaryl/α,β-unsaturated/α-hetero) is 1. The lowest BCUT2D eigenvalue weighted by Crippen LogP contribution is -2.53. The van der Waals surface area contributed by atoms with Crippen LogP contribution in [0.5, 0.6) is 0 Å². The molecule has 0 radical (unpaired) electrons. The van der Waals surface area contributed by atoms with Gasteiger partial charge in [0.05, 0.1) is 6.04 Å². The van der Waals surface area contributed by atoms with Crippen molar-refractivity contribution in [2.45, 2.75) is 56.7 Å². The maximum atomic E-state index is 13.3. The van der Waals surface area contributed by atoms with Crippen molar-refractivity contribution >= 4 is 23.5 Å². The predicted molar refractivity (Wildman–Crippen MR) is 118 cm³/mol. The summed E-state index contributed by atoms with van der Waals surface area (Å²) in [6, 6.07) is 5.83. The first-order valence-corrected chi connectivity index (χ1v) is 11.8. The van der Waals surface area contributed by atoms with Crippen molar-refractivity contribution in [1.29, 1.82) is 0 Å². The number of ketones is 1. The number of nitrogens with one attached hydrogen (secondary N) is 2. The Kier molecular flexibility index (Phi) is 7.37. The fourth-order valence-corrected chi connectivity index (χ4v) is 4.94. The molecular weight excluding hydrogens is 483 g/mol. The first-order valence-electron chi connectivity index (χ1n) is 11.8. The number of carbonyl (C=O) groups excluding carboxylic acids is 4. The lowest BCUT2D eigenvalue weighted by Gasteiger charge is -2.28. The van der Waals surface area contributed by atoms with Crippen LogP contribution in [-0.4, -0.2) is 71.7 Å². The van der Waals surface area contributed by atoms with E-state index in [1.807, 2.05) is 0 Å². The lowest BCUT2D eigenvalue weighted by atomic mass is 9.95. The smallest absolute Gasteiger partial charge is 0.378 e. The standard InChI is InChI=1S/C24H28F3N3O6/c25-24(26,27)36-12-18(31)16(10-15-6-9-28-20(15)33)29-21(34)17-11-23(7-8-23)13-30(17)22(35)19(32)14-4-2-1-3-5-14/h1-5,15-17,19,32H,6-13H2,(H,28,33)(H,29,34)/t15-,16-,17-,19-/m0/s1. The van der Waals surface area contributed by atoms with Crippen LogP contribution >= 0.6 is 0 Å². The number of likely N-dealkylation sites (tertiary alicyclic amines) is 1. The molecule has 1 saturated carbocycles. The van der Waals surface area contributed by atoms with Gasteiger partial charge in [0.15, 0.2) is 11.9 Å². The molecule has 36 heavy (non-hydrogen) atoms. The molecule has 3 fully saturated rings. The van der Waals surface area contributed by atoms with Crippen LogP contribution in [0.25, 0.3) is 0 Å². The van der Waals surface area contributed by atoms with Gasteiger partial charge in [-0.3, -0.25) is 23.9 Å². The van der Waals surface area contributed by atoms with Gasteiger partial charge < -0.3 is 20.6 Å². The molecule has 9 nitrogen and oxygen atoms in total. The number of carbonyl (C=O) groups is 4. The lowest BCUT2D eigenvalue weighted by molar-refractivity contribution is -0.321. The fourth-order valence-electron chi connectivity index (χ4n) is 4.94. The van der Waals surface area contributed by atoms with E-state index in [0.29, 0.717) is 24.9 Å². The van der Waals surface area contributed by atoms with E-state index >= 15 is 0 Å². The Balaban J connectivity index is 1.49. The van der Waals surface area contributed by atoms with Crippen LogP contribution in [0.3, 0.4) is 0 Å². The second-order valence-corrected chi connectivity index (χ2v) is 9.77. The number of rotatable bonds is 9. The number of alkyl halides is 3. The third-order valence-corrected chi connectivity index (χ3v) is 7.17. The number of ether oxygens (including phenoxy) is 1. The summed E-state index contributed by atoms with van der Waals surface area (Å²) in [7, 11) is 0. The summed E-state index contributed by atoms with van der Waals surface area (Å²) in [5.41, 5.74) is 0.112. The van der Waals surface area contributed by atoms with Gasteiger partial charge in [-0.05, 0) is 43.1 Å². The van der Waals surface area contributed by atoms with Crippen molar-refractivity contribution in [2.24, 2.45) is 11.3 Å². The monoisotopic (exact) mass is 511 g/mol. The summed E-state index contributed by atoms with van der Waals surface area (Å²) in [6.45, 7) is -0.691. The number of amides is 3. The Morgan fingerprint density at radius 2 is 1.92 bits per heavy atom. The number of hydrogen-bond donors (Lipinski definition) is 3. The maximum Gasteiger partial charge on any atom is 0.522 e. The molecule has 1 aromatic carbocycles. The van der Waals surface area contributed by atoms with Crippen molar-refractivity contribution < 1.29 is 42.2 Å². The first kappa shape index (κ1) is 26.1. The highest BCUT2D eigenvalue weighted by atomic mass is 19.4. The highest BCUT2D eigenvalue weighted by Crippen LogP contribution is 2.55. The summed E-state index contributed by atoms with van der Waals surface area (Å²) < 4.78 is 41.2. The molecule has 1 aliphatic carbocycles. The van der Waals surface area contributed by atoms with Gasteiger partial charge >= 0.3 is 6.36 Å². The zero-order valence-electron chi connectivity index (χ0n) is 19.4. The number of hydrogen-bond acceptors (Lipinski definition) is 6. The number of aliphatic hydroxyl groups excluding tert-OH is 1. The minimum absolute atomic E-state index is 0.184. The van der Waals surface area contributed by atoms with E-state index in [2.05, 4.69) is 15.4 Å². The van der Waals surface area contributed by atoms with E-state index in [9.17, 15) is 37.5 Å². The Morgan fingerprint density at radius 3 is 2.50 bits per heavy atom. The molecule has 4 atom stereocenters. The average Bonchev–Trinajstić information content (AvgIpc) is 3.30. The third kappa shape index (κ3) is 6.04. The second kappa shape index (κ2) is 10.2. The highest BCUT2D eigenvalue weighted by molar-refractivity contribution is 5.95. The Morgan fingerprint density at radius 1 is 1.22 bits per heavy atom. The van der Waals surface area contributed by atoms with E-state index in [1.54, 1.807) is 30.3 Å². The van der Waals surface area contributed by atoms with E-state index < -0.39 is 54.7 Å². The van der Waals surface area contributed by atoms with Gasteiger partial charge in [-0.25, -0.2) is 0 Å². The molecular formula is C24H28F3N3O6. The van der Waals surface area contributed by atoms with Crippen molar-refractivity contribution in [3.8, 4) is 0 Å². The molecule has 4 rings (SSSR count). The maximum absolute atomic E-state index is 13.3. The largest absolute Gasteiger partial charge is 0.522 e. The molecule has 12 heteroatoms. The quantitative estimate of drug-likeness (QED) is 0.458. The van der Waals surface area contributed by atoms with Crippen LogP contribution in [0.2, 0.25) is 0 Å². The summed E-state index contributed by atoms with van der Waals surface area (Å²) in [6.07, 6.45) is -4.42. The average molecular weight is 511 g/mol. The van der Waals surface area contributed by atoms with E-state index in [-0.39, 0.29) is 24.3 Å². The number of halogens is 3. The molecule has 0 aromatic heterocycles. The SMILES string of the molecule is O=C1NCC[C@H]1C[C@H](NC(=O)[C@@H]1CC2(CC2)CN1C(=O)[C@@H](O)c1ccccc1)C(=O)COC(F)(F)F. The number of benzene rings is 1. The van der Waals surface area contributed by atoms with Crippen LogP contribution in [0.4, 0.5) is 13.2 Å². The minimum Gasteiger partial charge on any atom is -0.378 e. The van der Waals surface area contributed by atoms with E-state index in [1.165, 1.54) is 4.90 Å². The normalized spacial score (nSPS) is 24.3. The predicted octanol–water partition coefficient (Wildman–Crippen LogP) is 1.22. The molecule has 3 N–H and O–H groups in total. The van der Waals surface area contributed by atoms with Gasteiger partial charge in [0.1, 0.15) is 12.6 Å². The van der Waals surface area contributed by atoms with E-state index in [4.69, 9.17) is 0 Å². The van der Waals surface area contributed by atoms with Gasteiger partial charge in [-0.1, -0.05) is 30.3 Å². The third-order valence-electron chi connectivity index (χ3n) is 7.17. The Bertz CT molecular complexity index is 1010. The molecule has 2 aliphatic heterocycles. The molecule has 1 aromatic rings. The van der Waals surface area contributed by atoms with Crippen molar-refractivity contribution in [2.75, 3.05) is 19.7 Å². The van der Waals surface area contributed by atoms with Crippen LogP contribution in [0.1, 0.15) is 43.8 Å². The van der Waals surface area contributed by atoms with Crippen LogP contribution in [0.15, 0.2) is 30.3 Å². The molecule has 1 spiro atoms. The molecule has 3 aliphatic rings. The summed E-state index contributed by atoms with van der Waals surface area (Å²) in [4.78, 5) is 52.4. The van der Waals surface area contributed by atoms with Gasteiger partial charge in [-0.2, -0.15) is 0 Å². The topological polar surface area (TPSA) is 125 Å². The molecule has 2 heterocycles. The molecule has 196 valence electrons. The van der Waals surface area contributed by atoms with Crippen molar-refractivity contribution in [1.82, 2.24) is 15.5 Å². The molecule has 2 saturated heterocycles. The number of nitrogens with zero attached hydrogens (tertiary/aromatic N) is 1.